The number of ether oxygens (including phenoxy) is 1. The van der Waals surface area contributed by atoms with Crippen molar-refractivity contribution < 1.29 is 19.4 Å². The number of para-hydroxylation sites is 2. The number of nitrogens with zero attached hydrogens (tertiary/aromatic N) is 1. The van der Waals surface area contributed by atoms with Crippen molar-refractivity contribution in [2.24, 2.45) is 0 Å². The Morgan fingerprint density at radius 1 is 1.47 bits per heavy atom. The van der Waals surface area contributed by atoms with Crippen molar-refractivity contribution >= 4 is 17.5 Å². The van der Waals surface area contributed by atoms with Crippen LogP contribution in [-0.4, -0.2) is 30.1 Å². The molecule has 5 heteroatoms. The summed E-state index contributed by atoms with van der Waals surface area (Å²) in [5.41, 5.74) is 0.382. The molecule has 1 aliphatic rings. The Balaban J connectivity index is 2.46. The van der Waals surface area contributed by atoms with Crippen LogP contribution in [0.25, 0.3) is 0 Å². The van der Waals surface area contributed by atoms with Crippen LogP contribution in [0.2, 0.25) is 0 Å². The van der Waals surface area contributed by atoms with Gasteiger partial charge in [0.2, 0.25) is 0 Å². The summed E-state index contributed by atoms with van der Waals surface area (Å²) < 4.78 is 5.14. The van der Waals surface area contributed by atoms with E-state index < -0.39 is 18.4 Å². The predicted octanol–water partition coefficient (Wildman–Crippen LogP) is -0.0691. The molecular formula is C10H9NO4. The van der Waals surface area contributed by atoms with Crippen LogP contribution < -0.4 is 9.64 Å². The van der Waals surface area contributed by atoms with E-state index in [1.165, 1.54) is 0 Å². The van der Waals surface area contributed by atoms with E-state index in [2.05, 4.69) is 0 Å². The van der Waals surface area contributed by atoms with Crippen molar-refractivity contribution in [3.63, 3.8) is 0 Å². The van der Waals surface area contributed by atoms with Gasteiger partial charge in [-0.15, -0.1) is 0 Å². The molecule has 1 heterocycles. The topological polar surface area (TPSA) is 66.8 Å². The predicted molar refractivity (Wildman–Crippen MR) is 51.5 cm³/mol. The summed E-state index contributed by atoms with van der Waals surface area (Å²) in [4.78, 5) is 23.7. The molecule has 1 aliphatic heterocycles. The molecule has 2 rings (SSSR count). The van der Waals surface area contributed by atoms with Gasteiger partial charge in [-0.25, -0.2) is 4.90 Å². The monoisotopic (exact) mass is 207 g/mol. The van der Waals surface area contributed by atoms with E-state index in [4.69, 9.17) is 9.84 Å². The second-order valence-electron chi connectivity index (χ2n) is 3.04. The molecule has 1 aromatic rings. The highest BCUT2D eigenvalue weighted by Gasteiger charge is 2.29. The van der Waals surface area contributed by atoms with E-state index >= 15 is 0 Å². The molecule has 0 saturated carbocycles. The maximum absolute atomic E-state index is 11.4. The van der Waals surface area contributed by atoms with Gasteiger partial charge in [-0.1, -0.05) is 12.1 Å². The molecule has 0 unspecified atom stereocenters. The lowest BCUT2D eigenvalue weighted by atomic mass is 10.2. The first kappa shape index (κ1) is 9.67. The fraction of sp³-hybridized carbons (Fsp3) is 0.200. The number of aliphatic hydroxyl groups excluding tert-OH is 1. The Hall–Kier alpha value is -1.88. The van der Waals surface area contributed by atoms with Crippen LogP contribution >= 0.6 is 0 Å². The number of aliphatic hydroxyl groups is 1. The lowest BCUT2D eigenvalue weighted by Crippen LogP contribution is -2.44. The Morgan fingerprint density at radius 3 is 2.93 bits per heavy atom. The normalized spacial score (nSPS) is 14.5. The molecule has 0 saturated heterocycles. The minimum Gasteiger partial charge on any atom is -0.482 e. The van der Waals surface area contributed by atoms with Gasteiger partial charge >= 0.3 is 0 Å². The molecule has 5 nitrogen and oxygen atoms in total. The van der Waals surface area contributed by atoms with Crippen molar-refractivity contribution in [1.82, 2.24) is 0 Å². The largest absolute Gasteiger partial charge is 0.482 e. The summed E-state index contributed by atoms with van der Waals surface area (Å²) in [6.45, 7) is -0.872. The Morgan fingerprint density at radius 2 is 2.20 bits per heavy atom. The molecule has 0 bridgehead atoms. The summed E-state index contributed by atoms with van der Waals surface area (Å²) in [5, 5.41) is 8.75. The van der Waals surface area contributed by atoms with Gasteiger partial charge in [0.15, 0.2) is 6.61 Å². The van der Waals surface area contributed by atoms with Crippen molar-refractivity contribution in [2.45, 2.75) is 0 Å². The minimum atomic E-state index is -0.694. The number of anilines is 1. The molecule has 15 heavy (non-hydrogen) atoms. The number of carbonyl (C=O) groups excluding carboxylic acids is 2. The Kier molecular flexibility index (Phi) is 2.39. The maximum Gasteiger partial charge on any atom is 0.271 e. The first-order chi connectivity index (χ1) is 7.24. The highest BCUT2D eigenvalue weighted by atomic mass is 16.5. The highest BCUT2D eigenvalue weighted by molar-refractivity contribution is 6.17. The lowest BCUT2D eigenvalue weighted by Gasteiger charge is -2.26. The number of rotatable bonds is 1. The highest BCUT2D eigenvalue weighted by Crippen LogP contribution is 2.31. The third-order valence-electron chi connectivity index (χ3n) is 2.09. The third-order valence-corrected chi connectivity index (χ3v) is 2.09. The SMILES string of the molecule is O=C(CO)N1C(=O)COc2ccccc21. The third kappa shape index (κ3) is 1.57. The van der Waals surface area contributed by atoms with E-state index in [1.54, 1.807) is 24.3 Å². The Bertz CT molecular complexity index is 416. The zero-order chi connectivity index (χ0) is 10.8. The summed E-state index contributed by atoms with van der Waals surface area (Å²) in [5.74, 6) is -0.637. The van der Waals surface area contributed by atoms with Gasteiger partial charge in [0.1, 0.15) is 12.4 Å². The molecular weight excluding hydrogens is 198 g/mol. The molecule has 1 N–H and O–H groups in total. The number of hydrogen-bond acceptors (Lipinski definition) is 4. The van der Waals surface area contributed by atoms with Crippen LogP contribution in [0.4, 0.5) is 5.69 Å². The average molecular weight is 207 g/mol. The van der Waals surface area contributed by atoms with Gasteiger partial charge < -0.3 is 9.84 Å². The van der Waals surface area contributed by atoms with E-state index in [0.29, 0.717) is 11.4 Å². The Labute approximate surface area is 85.9 Å². The summed E-state index contributed by atoms with van der Waals surface area (Å²) in [6.07, 6.45) is 0. The number of carbonyl (C=O) groups is 2. The van der Waals surface area contributed by atoms with E-state index in [1.807, 2.05) is 0 Å². The van der Waals surface area contributed by atoms with Gasteiger partial charge in [0, 0.05) is 0 Å². The molecule has 0 aliphatic carbocycles. The van der Waals surface area contributed by atoms with E-state index in [-0.39, 0.29) is 6.61 Å². The molecule has 0 atom stereocenters. The van der Waals surface area contributed by atoms with E-state index in [9.17, 15) is 9.59 Å². The number of amides is 2. The zero-order valence-corrected chi connectivity index (χ0v) is 7.84. The van der Waals surface area contributed by atoms with Gasteiger partial charge in [-0.2, -0.15) is 0 Å². The summed E-state index contributed by atoms with van der Waals surface area (Å²) in [6, 6.07) is 6.70. The van der Waals surface area contributed by atoms with Crippen molar-refractivity contribution in [3.05, 3.63) is 24.3 Å². The van der Waals surface area contributed by atoms with Crippen LogP contribution in [0.1, 0.15) is 0 Å². The molecule has 78 valence electrons. The summed E-state index contributed by atoms with van der Waals surface area (Å²) >= 11 is 0. The molecule has 2 amide bonds. The second-order valence-corrected chi connectivity index (χ2v) is 3.04. The number of imide groups is 1. The first-order valence-electron chi connectivity index (χ1n) is 4.42. The quantitative estimate of drug-likeness (QED) is 0.700. The number of hydrogen-bond donors (Lipinski definition) is 1. The van der Waals surface area contributed by atoms with Gasteiger partial charge in [0.05, 0.1) is 5.69 Å². The second kappa shape index (κ2) is 3.70. The fourth-order valence-electron chi connectivity index (χ4n) is 1.45. The number of benzene rings is 1. The van der Waals surface area contributed by atoms with Crippen LogP contribution in [0.5, 0.6) is 5.75 Å². The minimum absolute atomic E-state index is 0.178. The molecule has 0 radical (unpaired) electrons. The molecule has 0 aromatic heterocycles. The molecule has 0 spiro atoms. The smallest absolute Gasteiger partial charge is 0.271 e. The van der Waals surface area contributed by atoms with Gasteiger partial charge in [-0.3, -0.25) is 9.59 Å². The first-order valence-corrected chi connectivity index (χ1v) is 4.42. The standard InChI is InChI=1S/C10H9NO4/c12-5-9(13)11-7-3-1-2-4-8(7)15-6-10(11)14/h1-4,12H,5-6H2. The van der Waals surface area contributed by atoms with Gasteiger partial charge in [-0.05, 0) is 12.1 Å². The molecule has 0 fully saturated rings. The average Bonchev–Trinajstić information content (AvgIpc) is 2.28. The fourth-order valence-corrected chi connectivity index (χ4v) is 1.45. The number of fused-ring (bicyclic) bond motifs is 1. The zero-order valence-electron chi connectivity index (χ0n) is 7.84. The van der Waals surface area contributed by atoms with Crippen molar-refractivity contribution in [1.29, 1.82) is 0 Å². The summed E-state index contributed by atoms with van der Waals surface area (Å²) in [7, 11) is 0. The maximum atomic E-state index is 11.4. The van der Waals surface area contributed by atoms with Crippen LogP contribution in [0.15, 0.2) is 24.3 Å². The van der Waals surface area contributed by atoms with Crippen LogP contribution in [0, 0.1) is 0 Å². The van der Waals surface area contributed by atoms with Crippen molar-refractivity contribution in [3.8, 4) is 5.75 Å². The van der Waals surface area contributed by atoms with E-state index in [0.717, 1.165) is 4.90 Å². The van der Waals surface area contributed by atoms with Crippen LogP contribution in [-0.2, 0) is 9.59 Å². The molecule has 1 aromatic carbocycles. The van der Waals surface area contributed by atoms with Gasteiger partial charge in [0.25, 0.3) is 11.8 Å². The van der Waals surface area contributed by atoms with Crippen molar-refractivity contribution in [2.75, 3.05) is 18.1 Å². The lowest BCUT2D eigenvalue weighted by molar-refractivity contribution is -0.129. The van der Waals surface area contributed by atoms with Crippen LogP contribution in [0.3, 0.4) is 0 Å².